The van der Waals surface area contributed by atoms with Gasteiger partial charge in [0.1, 0.15) is 23.2 Å². The molecule has 0 bridgehead atoms. The molecule has 5 nitrogen and oxygen atoms in total. The highest BCUT2D eigenvalue weighted by molar-refractivity contribution is 8.26. The molecular formula is C24H19NO4S2. The van der Waals surface area contributed by atoms with Gasteiger partial charge in [-0.2, -0.15) is 0 Å². The Kier molecular flexibility index (Phi) is 6.06. The number of aryl methyl sites for hydroxylation is 1. The first-order chi connectivity index (χ1) is 14.9. The van der Waals surface area contributed by atoms with E-state index in [-0.39, 0.29) is 10.2 Å². The number of rotatable bonds is 6. The minimum atomic E-state index is -1.09. The van der Waals surface area contributed by atoms with Gasteiger partial charge < -0.3 is 9.84 Å². The molecule has 0 aromatic heterocycles. The van der Waals surface area contributed by atoms with Crippen LogP contribution in [-0.2, 0) is 16.2 Å². The summed E-state index contributed by atoms with van der Waals surface area (Å²) in [6, 6.07) is 20.0. The van der Waals surface area contributed by atoms with Crippen LogP contribution in [0.1, 0.15) is 16.7 Å². The number of carbonyl (C=O) groups excluding carboxylic acids is 1. The molecule has 1 fully saturated rings. The highest BCUT2D eigenvalue weighted by atomic mass is 32.2. The average molecular weight is 450 g/mol. The molecule has 3 aromatic carbocycles. The number of thiocarbonyl (C=S) groups is 1. The van der Waals surface area contributed by atoms with Gasteiger partial charge in [0.25, 0.3) is 5.91 Å². The Morgan fingerprint density at radius 3 is 2.55 bits per heavy atom. The molecule has 0 radical (unpaired) electrons. The standard InChI is InChI=1S/C24H19NO4S2/c1-15-2-4-16(5-3-15)14-29-20-9-8-18-10-17(6-7-19(18)12-20)11-21-23(28)25(13-22(26)27)24(30)31-21/h2-12H,13-14H2,1H3,(H,26,27)/b21-11-. The number of nitrogens with zero attached hydrogens (tertiary/aromatic N) is 1. The average Bonchev–Trinajstić information content (AvgIpc) is 3.00. The Labute approximate surface area is 189 Å². The van der Waals surface area contributed by atoms with Crippen molar-refractivity contribution in [2.45, 2.75) is 13.5 Å². The van der Waals surface area contributed by atoms with Crippen molar-refractivity contribution in [3.63, 3.8) is 0 Å². The molecule has 156 valence electrons. The highest BCUT2D eigenvalue weighted by Crippen LogP contribution is 2.33. The molecule has 1 aliphatic rings. The molecule has 1 aliphatic heterocycles. The first kappa shape index (κ1) is 21.1. The van der Waals surface area contributed by atoms with Crippen molar-refractivity contribution >= 4 is 57.0 Å². The van der Waals surface area contributed by atoms with Crippen LogP contribution in [0.2, 0.25) is 0 Å². The van der Waals surface area contributed by atoms with E-state index >= 15 is 0 Å². The molecule has 1 N–H and O–H groups in total. The second-order valence-electron chi connectivity index (χ2n) is 7.20. The fourth-order valence-corrected chi connectivity index (χ4v) is 4.45. The van der Waals surface area contributed by atoms with Gasteiger partial charge >= 0.3 is 5.97 Å². The Balaban J connectivity index is 1.50. The van der Waals surface area contributed by atoms with Crippen LogP contribution < -0.4 is 4.74 Å². The zero-order chi connectivity index (χ0) is 22.0. The van der Waals surface area contributed by atoms with Crippen molar-refractivity contribution in [1.29, 1.82) is 0 Å². The van der Waals surface area contributed by atoms with Gasteiger partial charge in [-0.1, -0.05) is 72.0 Å². The van der Waals surface area contributed by atoms with Gasteiger partial charge in [-0.3, -0.25) is 14.5 Å². The Morgan fingerprint density at radius 1 is 1.10 bits per heavy atom. The quantitative estimate of drug-likeness (QED) is 0.421. The van der Waals surface area contributed by atoms with E-state index in [4.69, 9.17) is 22.1 Å². The SMILES string of the molecule is Cc1ccc(COc2ccc3cc(/C=C4\SC(=S)N(CC(=O)O)C4=O)ccc3c2)cc1. The third kappa shape index (κ3) is 4.95. The molecule has 7 heteroatoms. The Morgan fingerprint density at radius 2 is 1.81 bits per heavy atom. The van der Waals surface area contributed by atoms with Crippen LogP contribution in [0.15, 0.2) is 65.6 Å². The zero-order valence-corrected chi connectivity index (χ0v) is 18.3. The van der Waals surface area contributed by atoms with Crippen molar-refractivity contribution in [1.82, 2.24) is 4.90 Å². The van der Waals surface area contributed by atoms with Gasteiger partial charge in [0.2, 0.25) is 0 Å². The largest absolute Gasteiger partial charge is 0.489 e. The first-order valence-electron chi connectivity index (χ1n) is 9.58. The fraction of sp³-hybridized carbons (Fsp3) is 0.125. The number of thioether (sulfide) groups is 1. The summed E-state index contributed by atoms with van der Waals surface area (Å²) in [6.07, 6.45) is 1.74. The minimum Gasteiger partial charge on any atom is -0.489 e. The normalized spacial score (nSPS) is 15.1. The smallest absolute Gasteiger partial charge is 0.323 e. The van der Waals surface area contributed by atoms with E-state index in [0.717, 1.165) is 44.3 Å². The third-order valence-electron chi connectivity index (χ3n) is 4.83. The lowest BCUT2D eigenvalue weighted by Gasteiger charge is -2.10. The van der Waals surface area contributed by atoms with Gasteiger partial charge in [-0.25, -0.2) is 0 Å². The lowest BCUT2D eigenvalue weighted by molar-refractivity contribution is -0.140. The number of amides is 1. The van der Waals surface area contributed by atoms with Crippen molar-refractivity contribution in [2.75, 3.05) is 6.54 Å². The van der Waals surface area contributed by atoms with E-state index in [0.29, 0.717) is 11.5 Å². The predicted molar refractivity (Wildman–Crippen MR) is 127 cm³/mol. The van der Waals surface area contributed by atoms with Gasteiger partial charge in [-0.05, 0) is 53.1 Å². The van der Waals surface area contributed by atoms with Gasteiger partial charge in [0, 0.05) is 0 Å². The molecule has 0 spiro atoms. The van der Waals surface area contributed by atoms with Crippen LogP contribution in [0.25, 0.3) is 16.8 Å². The second kappa shape index (κ2) is 8.91. The van der Waals surface area contributed by atoms with Gasteiger partial charge in [-0.15, -0.1) is 0 Å². The Bertz CT molecular complexity index is 1220. The van der Waals surface area contributed by atoms with E-state index in [1.807, 2.05) is 36.4 Å². The third-order valence-corrected chi connectivity index (χ3v) is 6.20. The molecule has 0 aliphatic carbocycles. The van der Waals surface area contributed by atoms with Crippen LogP contribution in [-0.4, -0.2) is 32.7 Å². The van der Waals surface area contributed by atoms with Gasteiger partial charge in [0.05, 0.1) is 4.91 Å². The summed E-state index contributed by atoms with van der Waals surface area (Å²) in [5.41, 5.74) is 3.17. The van der Waals surface area contributed by atoms with E-state index in [1.165, 1.54) is 5.56 Å². The Hall–Kier alpha value is -3.16. The zero-order valence-electron chi connectivity index (χ0n) is 16.7. The number of benzene rings is 3. The highest BCUT2D eigenvalue weighted by Gasteiger charge is 2.33. The maximum Gasteiger partial charge on any atom is 0.323 e. The van der Waals surface area contributed by atoms with Crippen LogP contribution >= 0.6 is 24.0 Å². The van der Waals surface area contributed by atoms with E-state index in [2.05, 4.69) is 31.2 Å². The van der Waals surface area contributed by atoms with Crippen LogP contribution in [0.3, 0.4) is 0 Å². The molecule has 1 heterocycles. The van der Waals surface area contributed by atoms with Crippen LogP contribution in [0.4, 0.5) is 0 Å². The van der Waals surface area contributed by atoms with Gasteiger partial charge in [0.15, 0.2) is 0 Å². The summed E-state index contributed by atoms with van der Waals surface area (Å²) in [5, 5.41) is 11.0. The molecule has 1 amide bonds. The number of hydrogen-bond donors (Lipinski definition) is 1. The molecule has 31 heavy (non-hydrogen) atoms. The monoisotopic (exact) mass is 449 g/mol. The molecule has 3 aromatic rings. The van der Waals surface area contributed by atoms with Crippen molar-refractivity contribution in [2.24, 2.45) is 0 Å². The topological polar surface area (TPSA) is 66.8 Å². The molecule has 4 rings (SSSR count). The van der Waals surface area contributed by atoms with E-state index < -0.39 is 12.5 Å². The number of aliphatic carboxylic acids is 1. The summed E-state index contributed by atoms with van der Waals surface area (Å²) < 4.78 is 6.18. The van der Waals surface area contributed by atoms with Crippen LogP contribution in [0.5, 0.6) is 5.75 Å². The summed E-state index contributed by atoms with van der Waals surface area (Å²) in [7, 11) is 0. The minimum absolute atomic E-state index is 0.259. The molecule has 0 unspecified atom stereocenters. The number of ether oxygens (including phenoxy) is 1. The number of carbonyl (C=O) groups is 2. The van der Waals surface area contributed by atoms with Crippen LogP contribution in [0, 0.1) is 6.92 Å². The fourth-order valence-electron chi connectivity index (χ4n) is 3.20. The lowest BCUT2D eigenvalue weighted by Crippen LogP contribution is -2.33. The molecule has 0 atom stereocenters. The van der Waals surface area contributed by atoms with Crippen molar-refractivity contribution in [3.8, 4) is 5.75 Å². The number of carboxylic acids is 1. The second-order valence-corrected chi connectivity index (χ2v) is 8.88. The lowest BCUT2D eigenvalue weighted by atomic mass is 10.1. The molecule has 1 saturated heterocycles. The first-order valence-corrected chi connectivity index (χ1v) is 10.8. The summed E-state index contributed by atoms with van der Waals surface area (Å²) in [4.78, 5) is 24.9. The summed E-state index contributed by atoms with van der Waals surface area (Å²) in [6.45, 7) is 2.13. The molecule has 0 saturated carbocycles. The van der Waals surface area contributed by atoms with Crippen molar-refractivity contribution in [3.05, 3.63) is 82.3 Å². The summed E-state index contributed by atoms with van der Waals surface area (Å²) in [5.74, 6) is -0.684. The van der Waals surface area contributed by atoms with E-state index in [1.54, 1.807) is 6.08 Å². The maximum atomic E-state index is 12.4. The number of fused-ring (bicyclic) bond motifs is 1. The maximum absolute atomic E-state index is 12.4. The summed E-state index contributed by atoms with van der Waals surface area (Å²) >= 11 is 6.25. The molecular weight excluding hydrogens is 430 g/mol. The van der Waals surface area contributed by atoms with Crippen molar-refractivity contribution < 1.29 is 19.4 Å². The number of hydrogen-bond acceptors (Lipinski definition) is 5. The number of carboxylic acid groups (broad SMARTS) is 1. The van der Waals surface area contributed by atoms with E-state index in [9.17, 15) is 9.59 Å². The predicted octanol–water partition coefficient (Wildman–Crippen LogP) is 5.01.